The largest absolute Gasteiger partial charge is 0.461 e. The number of hydrogen-bond donors (Lipinski definition) is 1. The zero-order valence-corrected chi connectivity index (χ0v) is 22.7. The van der Waals surface area contributed by atoms with Crippen LogP contribution in [0.5, 0.6) is 0 Å². The van der Waals surface area contributed by atoms with Gasteiger partial charge in [0.05, 0.1) is 29.9 Å². The lowest BCUT2D eigenvalue weighted by Gasteiger charge is -2.08. The minimum atomic E-state index is -0.512. The minimum absolute atomic E-state index is 0.0318. The second kappa shape index (κ2) is 11.8. The van der Waals surface area contributed by atoms with Crippen molar-refractivity contribution in [2.75, 3.05) is 13.7 Å². The first kappa shape index (κ1) is 26.6. The number of nitrogens with one attached hydrogen (secondary N) is 1. The molecule has 3 aromatic carbocycles. The summed E-state index contributed by atoms with van der Waals surface area (Å²) in [6, 6.07) is 26.4. The number of hydrogen-bond acceptors (Lipinski definition) is 6. The van der Waals surface area contributed by atoms with E-state index in [1.807, 2.05) is 35.0 Å². The van der Waals surface area contributed by atoms with Gasteiger partial charge in [-0.1, -0.05) is 59.3 Å². The van der Waals surface area contributed by atoms with E-state index in [4.69, 9.17) is 9.84 Å². The molecule has 0 radical (unpaired) electrons. The zero-order chi connectivity index (χ0) is 28.1. The fourth-order valence-electron chi connectivity index (χ4n) is 4.34. The second-order valence-electron chi connectivity index (χ2n) is 9.33. The molecule has 2 heterocycles. The Morgan fingerprint density at radius 3 is 2.15 bits per heavy atom. The van der Waals surface area contributed by atoms with Crippen molar-refractivity contribution in [1.82, 2.24) is 30.1 Å². The molecule has 0 aliphatic carbocycles. The Morgan fingerprint density at radius 2 is 1.50 bits per heavy atom. The molecule has 1 amide bonds. The summed E-state index contributed by atoms with van der Waals surface area (Å²) in [5.41, 5.74) is 7.97. The van der Waals surface area contributed by atoms with Gasteiger partial charge in [0.2, 0.25) is 5.91 Å². The van der Waals surface area contributed by atoms with Crippen molar-refractivity contribution >= 4 is 11.9 Å². The summed E-state index contributed by atoms with van der Waals surface area (Å²) >= 11 is 0. The highest BCUT2D eigenvalue weighted by Crippen LogP contribution is 2.27. The van der Waals surface area contributed by atoms with Crippen LogP contribution >= 0.6 is 0 Å². The highest BCUT2D eigenvalue weighted by atomic mass is 16.5. The summed E-state index contributed by atoms with van der Waals surface area (Å²) in [5, 5.41) is 15.5. The SMILES string of the molecule is CCOC(=O)c1cn(-c2ccc(-n3nc(-c4ccc(-c5ccc(C)cc5)cc4)cc3CCC(=O)NC)cc2)nn1. The number of amides is 1. The third-order valence-electron chi connectivity index (χ3n) is 6.57. The Morgan fingerprint density at radius 1 is 0.875 bits per heavy atom. The number of nitrogens with zero attached hydrogens (tertiary/aromatic N) is 5. The van der Waals surface area contributed by atoms with Crippen LogP contribution in [0.4, 0.5) is 0 Å². The summed E-state index contributed by atoms with van der Waals surface area (Å²) in [6.45, 7) is 4.09. The average molecular weight is 535 g/mol. The molecule has 40 heavy (non-hydrogen) atoms. The summed E-state index contributed by atoms with van der Waals surface area (Å²) < 4.78 is 8.38. The first-order valence-electron chi connectivity index (χ1n) is 13.1. The van der Waals surface area contributed by atoms with Crippen molar-refractivity contribution in [2.24, 2.45) is 0 Å². The van der Waals surface area contributed by atoms with E-state index in [9.17, 15) is 9.59 Å². The van der Waals surface area contributed by atoms with Crippen LogP contribution in [0.2, 0.25) is 0 Å². The molecule has 0 atom stereocenters. The molecule has 9 heteroatoms. The van der Waals surface area contributed by atoms with E-state index >= 15 is 0 Å². The van der Waals surface area contributed by atoms with Gasteiger partial charge >= 0.3 is 5.97 Å². The lowest BCUT2D eigenvalue weighted by atomic mass is 10.0. The molecule has 0 bridgehead atoms. The van der Waals surface area contributed by atoms with Crippen LogP contribution in [0.3, 0.4) is 0 Å². The van der Waals surface area contributed by atoms with E-state index < -0.39 is 5.97 Å². The lowest BCUT2D eigenvalue weighted by Crippen LogP contribution is -2.18. The molecule has 5 rings (SSSR count). The van der Waals surface area contributed by atoms with E-state index in [-0.39, 0.29) is 18.2 Å². The van der Waals surface area contributed by atoms with E-state index in [1.165, 1.54) is 16.4 Å². The zero-order valence-electron chi connectivity index (χ0n) is 22.7. The predicted molar refractivity (Wildman–Crippen MR) is 152 cm³/mol. The Hall–Kier alpha value is -5.05. The maximum atomic E-state index is 12.0. The molecule has 5 aromatic rings. The molecule has 0 aliphatic heterocycles. The quantitative estimate of drug-likeness (QED) is 0.268. The molecule has 0 spiro atoms. The smallest absolute Gasteiger partial charge is 0.360 e. The first-order chi connectivity index (χ1) is 19.4. The fourth-order valence-corrected chi connectivity index (χ4v) is 4.34. The maximum absolute atomic E-state index is 12.0. The summed E-state index contributed by atoms with van der Waals surface area (Å²) in [5.74, 6) is -0.544. The summed E-state index contributed by atoms with van der Waals surface area (Å²) in [7, 11) is 1.64. The normalized spacial score (nSPS) is 10.9. The molecule has 1 N–H and O–H groups in total. The number of rotatable bonds is 9. The van der Waals surface area contributed by atoms with Gasteiger partial charge in [0.1, 0.15) is 0 Å². The number of benzene rings is 3. The number of aryl methyl sites for hydroxylation is 2. The van der Waals surface area contributed by atoms with E-state index in [0.29, 0.717) is 12.8 Å². The van der Waals surface area contributed by atoms with Gasteiger partial charge in [-0.3, -0.25) is 4.79 Å². The van der Waals surface area contributed by atoms with Crippen molar-refractivity contribution in [3.05, 3.63) is 102 Å². The summed E-state index contributed by atoms with van der Waals surface area (Å²) in [6.07, 6.45) is 2.41. The molecule has 202 valence electrons. The third kappa shape index (κ3) is 5.83. The van der Waals surface area contributed by atoms with Crippen molar-refractivity contribution < 1.29 is 14.3 Å². The van der Waals surface area contributed by atoms with E-state index in [0.717, 1.165) is 39.5 Å². The van der Waals surface area contributed by atoms with Crippen LogP contribution in [0.15, 0.2) is 85.1 Å². The number of ether oxygens (including phenoxy) is 1. The highest BCUT2D eigenvalue weighted by molar-refractivity contribution is 5.86. The van der Waals surface area contributed by atoms with Gasteiger partial charge in [-0.2, -0.15) is 5.10 Å². The van der Waals surface area contributed by atoms with Gasteiger partial charge in [-0.15, -0.1) is 5.10 Å². The summed E-state index contributed by atoms with van der Waals surface area (Å²) in [4.78, 5) is 23.9. The maximum Gasteiger partial charge on any atom is 0.360 e. The van der Waals surface area contributed by atoms with Crippen LogP contribution in [0, 0.1) is 6.92 Å². The molecule has 0 unspecified atom stereocenters. The van der Waals surface area contributed by atoms with E-state index in [2.05, 4.69) is 71.1 Å². The van der Waals surface area contributed by atoms with Gasteiger partial charge in [0, 0.05) is 24.7 Å². The second-order valence-corrected chi connectivity index (χ2v) is 9.33. The van der Waals surface area contributed by atoms with Crippen molar-refractivity contribution in [3.63, 3.8) is 0 Å². The van der Waals surface area contributed by atoms with Gasteiger partial charge in [0.15, 0.2) is 5.69 Å². The van der Waals surface area contributed by atoms with Gasteiger partial charge < -0.3 is 10.1 Å². The van der Waals surface area contributed by atoms with Gasteiger partial charge in [-0.05, 0) is 61.7 Å². The molecular weight excluding hydrogens is 504 g/mol. The molecule has 0 aliphatic rings. The fraction of sp³-hybridized carbons (Fsp3) is 0.194. The molecule has 0 fully saturated rings. The standard InChI is InChI=1S/C31H30N6O3/c1-4-40-31(39)29-20-36(35-33-29)25-13-15-26(16-14-25)37-27(17-18-30(38)32-3)19-28(34-37)24-11-9-23(10-12-24)22-7-5-21(2)6-8-22/h5-16,19-20H,4,17-18H2,1-3H3,(H,32,38). The third-order valence-corrected chi connectivity index (χ3v) is 6.57. The number of carbonyl (C=O) groups is 2. The number of aromatic nitrogens is 5. The highest BCUT2D eigenvalue weighted by Gasteiger charge is 2.15. The Balaban J connectivity index is 1.43. The Bertz CT molecular complexity index is 1620. The van der Waals surface area contributed by atoms with Crippen LogP contribution in [-0.4, -0.2) is 50.3 Å². The van der Waals surface area contributed by atoms with Crippen LogP contribution in [-0.2, 0) is 16.0 Å². The predicted octanol–water partition coefficient (Wildman–Crippen LogP) is 4.95. The molecule has 0 saturated heterocycles. The van der Waals surface area contributed by atoms with Gasteiger partial charge in [-0.25, -0.2) is 14.2 Å². The Labute approximate surface area is 232 Å². The number of carbonyl (C=O) groups excluding carboxylic acids is 2. The van der Waals surface area contributed by atoms with E-state index in [1.54, 1.807) is 14.0 Å². The van der Waals surface area contributed by atoms with Gasteiger partial charge in [0.25, 0.3) is 0 Å². The monoisotopic (exact) mass is 534 g/mol. The Kier molecular flexibility index (Phi) is 7.82. The topological polar surface area (TPSA) is 104 Å². The molecule has 9 nitrogen and oxygen atoms in total. The molecule has 2 aromatic heterocycles. The average Bonchev–Trinajstić information content (AvgIpc) is 3.65. The first-order valence-corrected chi connectivity index (χ1v) is 13.1. The number of esters is 1. The molecule has 0 saturated carbocycles. The minimum Gasteiger partial charge on any atom is -0.461 e. The van der Waals surface area contributed by atoms with Crippen molar-refractivity contribution in [2.45, 2.75) is 26.7 Å². The van der Waals surface area contributed by atoms with Crippen LogP contribution in [0.25, 0.3) is 33.8 Å². The van der Waals surface area contributed by atoms with Crippen LogP contribution < -0.4 is 5.32 Å². The van der Waals surface area contributed by atoms with Crippen molar-refractivity contribution in [1.29, 1.82) is 0 Å². The van der Waals surface area contributed by atoms with Crippen LogP contribution in [0.1, 0.15) is 35.1 Å². The molecular formula is C31H30N6O3. The lowest BCUT2D eigenvalue weighted by molar-refractivity contribution is -0.120. The van der Waals surface area contributed by atoms with Crippen molar-refractivity contribution in [3.8, 4) is 33.8 Å².